The number of ether oxygens (including phenoxy) is 2. The number of carbonyl (C=O) groups is 2. The fourth-order valence-corrected chi connectivity index (χ4v) is 3.39. The molecule has 1 N–H and O–H groups in total. The van der Waals surface area contributed by atoms with E-state index in [0.29, 0.717) is 34.1 Å². The molecule has 0 atom stereocenters. The van der Waals surface area contributed by atoms with E-state index >= 15 is 0 Å². The number of hydrogen-bond donors (Lipinski definition) is 1. The molecule has 1 aliphatic rings. The van der Waals surface area contributed by atoms with Gasteiger partial charge < -0.3 is 19.7 Å². The van der Waals surface area contributed by atoms with Gasteiger partial charge in [-0.1, -0.05) is 17.7 Å². The van der Waals surface area contributed by atoms with Gasteiger partial charge in [0.1, 0.15) is 0 Å². The fourth-order valence-electron chi connectivity index (χ4n) is 3.18. The third-order valence-corrected chi connectivity index (χ3v) is 5.27. The van der Waals surface area contributed by atoms with Crippen LogP contribution >= 0.6 is 11.6 Å². The van der Waals surface area contributed by atoms with Crippen molar-refractivity contribution < 1.29 is 19.1 Å². The number of rotatable bonds is 4. The Morgan fingerprint density at radius 1 is 1.17 bits per heavy atom. The molecule has 2 aromatic carbocycles. The molecule has 8 nitrogen and oxygen atoms in total. The van der Waals surface area contributed by atoms with Crippen molar-refractivity contribution in [3.63, 3.8) is 0 Å². The Hall–Kier alpha value is -3.52. The van der Waals surface area contributed by atoms with Crippen LogP contribution in [-0.4, -0.2) is 42.5 Å². The maximum atomic E-state index is 13.1. The first-order chi connectivity index (χ1) is 14.4. The molecule has 9 heteroatoms. The topological polar surface area (TPSA) is 85.7 Å². The van der Waals surface area contributed by atoms with Gasteiger partial charge in [-0.3, -0.25) is 9.59 Å². The highest BCUT2D eigenvalue weighted by Gasteiger charge is 2.22. The smallest absolute Gasteiger partial charge is 0.271 e. The van der Waals surface area contributed by atoms with Gasteiger partial charge in [0.2, 0.25) is 6.79 Å². The zero-order valence-electron chi connectivity index (χ0n) is 16.6. The maximum Gasteiger partial charge on any atom is 0.271 e. The molecule has 0 unspecified atom stereocenters. The minimum Gasteiger partial charge on any atom is -0.454 e. The fraction of sp³-hybridized carbons (Fsp3) is 0.190. The zero-order chi connectivity index (χ0) is 21.4. The summed E-state index contributed by atoms with van der Waals surface area (Å²) in [6, 6.07) is 12.2. The number of benzene rings is 2. The van der Waals surface area contributed by atoms with Crippen LogP contribution in [0.4, 0.5) is 5.69 Å². The van der Waals surface area contributed by atoms with Gasteiger partial charge in [-0.15, -0.1) is 0 Å². The molecule has 0 saturated carbocycles. The summed E-state index contributed by atoms with van der Waals surface area (Å²) < 4.78 is 12.1. The molecular formula is C21H19ClN4O4. The molecule has 1 aromatic heterocycles. The van der Waals surface area contributed by atoms with Crippen LogP contribution in [-0.2, 0) is 0 Å². The number of halogens is 1. The van der Waals surface area contributed by atoms with Crippen molar-refractivity contribution in [2.75, 3.05) is 25.8 Å². The van der Waals surface area contributed by atoms with Gasteiger partial charge in [0.15, 0.2) is 17.2 Å². The summed E-state index contributed by atoms with van der Waals surface area (Å²) in [5.41, 5.74) is 2.38. The lowest BCUT2D eigenvalue weighted by atomic mass is 10.1. The van der Waals surface area contributed by atoms with E-state index in [9.17, 15) is 9.59 Å². The molecule has 3 aromatic rings. The molecule has 4 rings (SSSR count). The van der Waals surface area contributed by atoms with Crippen LogP contribution in [0.15, 0.2) is 42.5 Å². The first kappa shape index (κ1) is 19.8. The predicted octanol–water partition coefficient (Wildman–Crippen LogP) is 3.20. The quantitative estimate of drug-likeness (QED) is 0.692. The first-order valence-electron chi connectivity index (χ1n) is 9.16. The molecule has 0 aliphatic carbocycles. The number of hydrogen-bond acceptors (Lipinski definition) is 5. The van der Waals surface area contributed by atoms with Gasteiger partial charge in [0, 0.05) is 31.4 Å². The van der Waals surface area contributed by atoms with Crippen LogP contribution in [0, 0.1) is 6.92 Å². The molecule has 1 aliphatic heterocycles. The van der Waals surface area contributed by atoms with Gasteiger partial charge >= 0.3 is 0 Å². The third-order valence-electron chi connectivity index (χ3n) is 4.82. The average Bonchev–Trinajstić information content (AvgIpc) is 3.36. The number of aryl methyl sites for hydroxylation is 1. The van der Waals surface area contributed by atoms with E-state index in [1.807, 2.05) is 0 Å². The van der Waals surface area contributed by atoms with Crippen molar-refractivity contribution in [1.82, 2.24) is 15.1 Å². The second-order valence-electron chi connectivity index (χ2n) is 6.69. The Balaban J connectivity index is 1.68. The Labute approximate surface area is 177 Å². The molecule has 2 heterocycles. The molecule has 0 fully saturated rings. The van der Waals surface area contributed by atoms with Crippen molar-refractivity contribution in [2.45, 2.75) is 6.92 Å². The highest BCUT2D eigenvalue weighted by atomic mass is 35.5. The Bertz CT molecular complexity index is 1160. The molecule has 0 radical (unpaired) electrons. The number of carbonyl (C=O) groups excluding carboxylic acids is 2. The highest BCUT2D eigenvalue weighted by molar-refractivity contribution is 6.34. The minimum atomic E-state index is -0.366. The molecule has 2 amide bonds. The van der Waals surface area contributed by atoms with Gasteiger partial charge in [-0.05, 0) is 37.3 Å². The minimum absolute atomic E-state index is 0.165. The summed E-state index contributed by atoms with van der Waals surface area (Å²) in [5.74, 6) is 0.647. The first-order valence-corrected chi connectivity index (χ1v) is 9.54. The molecule has 0 spiro atoms. The standard InChI is InChI=1S/C21H19ClN4O4/c1-12-18(22)19(20(27)23-2)26(24-12)15-6-4-5-13(9-15)21(28)25(3)14-7-8-16-17(10-14)30-11-29-16/h4-10H,11H2,1-3H3,(H,23,27). The summed E-state index contributed by atoms with van der Waals surface area (Å²) in [7, 11) is 3.20. The van der Waals surface area contributed by atoms with E-state index in [1.54, 1.807) is 56.4 Å². The number of amides is 2. The van der Waals surface area contributed by atoms with Gasteiger partial charge in [-0.2, -0.15) is 5.10 Å². The average molecular weight is 427 g/mol. The highest BCUT2D eigenvalue weighted by Crippen LogP contribution is 2.35. The molecule has 154 valence electrons. The van der Waals surface area contributed by atoms with Crippen molar-refractivity contribution in [2.24, 2.45) is 0 Å². The number of nitrogens with zero attached hydrogens (tertiary/aromatic N) is 3. The Morgan fingerprint density at radius 3 is 2.70 bits per heavy atom. The lowest BCUT2D eigenvalue weighted by Gasteiger charge is -2.18. The van der Waals surface area contributed by atoms with E-state index in [1.165, 1.54) is 16.6 Å². The van der Waals surface area contributed by atoms with E-state index in [2.05, 4.69) is 10.4 Å². The van der Waals surface area contributed by atoms with Crippen molar-refractivity contribution >= 4 is 29.1 Å². The predicted molar refractivity (Wildman–Crippen MR) is 112 cm³/mol. The van der Waals surface area contributed by atoms with Crippen molar-refractivity contribution in [1.29, 1.82) is 0 Å². The number of nitrogens with one attached hydrogen (secondary N) is 1. The normalized spacial score (nSPS) is 12.0. The summed E-state index contributed by atoms with van der Waals surface area (Å²) in [6.07, 6.45) is 0. The van der Waals surface area contributed by atoms with Gasteiger partial charge in [0.25, 0.3) is 11.8 Å². The van der Waals surface area contributed by atoms with Crippen molar-refractivity contribution in [3.05, 3.63) is 64.4 Å². The van der Waals surface area contributed by atoms with Crippen LogP contribution in [0.25, 0.3) is 5.69 Å². The maximum absolute atomic E-state index is 13.1. The lowest BCUT2D eigenvalue weighted by Crippen LogP contribution is -2.26. The summed E-state index contributed by atoms with van der Waals surface area (Å²) in [5, 5.41) is 7.19. The van der Waals surface area contributed by atoms with Crippen LogP contribution in [0.3, 0.4) is 0 Å². The van der Waals surface area contributed by atoms with Crippen LogP contribution in [0.5, 0.6) is 11.5 Å². The summed E-state index contributed by atoms with van der Waals surface area (Å²) in [6.45, 7) is 1.88. The summed E-state index contributed by atoms with van der Waals surface area (Å²) >= 11 is 6.28. The Kier molecular flexibility index (Phi) is 5.09. The number of anilines is 1. The zero-order valence-corrected chi connectivity index (χ0v) is 17.4. The van der Waals surface area contributed by atoms with Crippen LogP contribution in [0.1, 0.15) is 26.5 Å². The molecule has 0 bridgehead atoms. The molecule has 30 heavy (non-hydrogen) atoms. The second-order valence-corrected chi connectivity index (χ2v) is 7.07. The van der Waals surface area contributed by atoms with E-state index in [-0.39, 0.29) is 29.3 Å². The van der Waals surface area contributed by atoms with Crippen LogP contribution < -0.4 is 19.7 Å². The van der Waals surface area contributed by atoms with E-state index < -0.39 is 0 Å². The number of aromatic nitrogens is 2. The van der Waals surface area contributed by atoms with Gasteiger partial charge in [0.05, 0.1) is 16.4 Å². The lowest BCUT2D eigenvalue weighted by molar-refractivity contribution is 0.0954. The largest absolute Gasteiger partial charge is 0.454 e. The van der Waals surface area contributed by atoms with Gasteiger partial charge in [-0.25, -0.2) is 4.68 Å². The number of fused-ring (bicyclic) bond motifs is 1. The van der Waals surface area contributed by atoms with Crippen LogP contribution in [0.2, 0.25) is 5.02 Å². The van der Waals surface area contributed by atoms with Crippen molar-refractivity contribution in [3.8, 4) is 17.2 Å². The summed E-state index contributed by atoms with van der Waals surface area (Å²) in [4.78, 5) is 26.9. The second kappa shape index (κ2) is 7.72. The monoisotopic (exact) mass is 426 g/mol. The molecule has 0 saturated heterocycles. The van der Waals surface area contributed by atoms with E-state index in [0.717, 1.165) is 0 Å². The van der Waals surface area contributed by atoms with E-state index in [4.69, 9.17) is 21.1 Å². The Morgan fingerprint density at radius 2 is 1.93 bits per heavy atom. The molecular weight excluding hydrogens is 408 g/mol. The SMILES string of the molecule is CNC(=O)c1c(Cl)c(C)nn1-c1cccc(C(=O)N(C)c2ccc3c(c2)OCO3)c1. The third kappa shape index (κ3) is 3.35.